The highest BCUT2D eigenvalue weighted by atomic mass is 16.5. The predicted molar refractivity (Wildman–Crippen MR) is 76.3 cm³/mol. The highest BCUT2D eigenvalue weighted by Gasteiger charge is 2.68. The Kier molecular flexibility index (Phi) is 3.09. The van der Waals surface area contributed by atoms with Crippen LogP contribution >= 0.6 is 0 Å². The van der Waals surface area contributed by atoms with Crippen molar-refractivity contribution in [1.82, 2.24) is 0 Å². The summed E-state index contributed by atoms with van der Waals surface area (Å²) in [6.45, 7) is 3.20. The fraction of sp³-hybridized carbons (Fsp3) is 0.500. The summed E-state index contributed by atoms with van der Waals surface area (Å²) >= 11 is 0. The highest BCUT2D eigenvalue weighted by Crippen LogP contribution is 2.48. The Balaban J connectivity index is 2.29. The molecular weight excluding hydrogens is 288 g/mol. The van der Waals surface area contributed by atoms with Crippen LogP contribution in [0, 0.1) is 6.92 Å². The zero-order chi connectivity index (χ0) is 16.3. The van der Waals surface area contributed by atoms with Crippen LogP contribution in [0.4, 0.5) is 0 Å². The Morgan fingerprint density at radius 2 is 2.05 bits per heavy atom. The molecule has 1 fully saturated rings. The lowest BCUT2D eigenvalue weighted by Crippen LogP contribution is -2.74. The van der Waals surface area contributed by atoms with Crippen molar-refractivity contribution in [3.8, 4) is 11.5 Å². The van der Waals surface area contributed by atoms with Crippen LogP contribution in [0.2, 0.25) is 0 Å². The SMILES string of the molecule is COc1cc(C)cc2c1C(=O)[C@]1(O)C(=O)CC[C@@H](O)[C@@]1(C)O2. The monoisotopic (exact) mass is 306 g/mol. The molecular formula is C16H18O6. The maximum absolute atomic E-state index is 12.9. The maximum atomic E-state index is 12.9. The first-order valence-electron chi connectivity index (χ1n) is 7.12. The van der Waals surface area contributed by atoms with Crippen LogP contribution in [0.15, 0.2) is 12.1 Å². The van der Waals surface area contributed by atoms with Gasteiger partial charge in [-0.05, 0) is 38.0 Å². The van der Waals surface area contributed by atoms with Gasteiger partial charge in [-0.2, -0.15) is 0 Å². The second kappa shape index (κ2) is 4.54. The van der Waals surface area contributed by atoms with Gasteiger partial charge in [-0.25, -0.2) is 0 Å². The smallest absolute Gasteiger partial charge is 0.228 e. The van der Waals surface area contributed by atoms with Gasteiger partial charge >= 0.3 is 0 Å². The van der Waals surface area contributed by atoms with Gasteiger partial charge in [0.05, 0.1) is 13.2 Å². The molecule has 0 bridgehead atoms. The Bertz CT molecular complexity index is 681. The van der Waals surface area contributed by atoms with Gasteiger partial charge in [0.2, 0.25) is 11.4 Å². The van der Waals surface area contributed by atoms with Crippen molar-refractivity contribution >= 4 is 11.6 Å². The zero-order valence-electron chi connectivity index (χ0n) is 12.7. The number of ketones is 2. The lowest BCUT2D eigenvalue weighted by molar-refractivity contribution is -0.188. The lowest BCUT2D eigenvalue weighted by atomic mass is 9.65. The number of Topliss-reactive ketones (excluding diaryl/α,β-unsaturated/α-hetero) is 2. The van der Waals surface area contributed by atoms with Crippen molar-refractivity contribution in [1.29, 1.82) is 0 Å². The fourth-order valence-electron chi connectivity index (χ4n) is 3.33. The van der Waals surface area contributed by atoms with E-state index in [9.17, 15) is 19.8 Å². The maximum Gasteiger partial charge on any atom is 0.228 e. The van der Waals surface area contributed by atoms with Crippen molar-refractivity contribution in [2.75, 3.05) is 7.11 Å². The van der Waals surface area contributed by atoms with E-state index in [0.717, 1.165) is 5.56 Å². The van der Waals surface area contributed by atoms with Crippen LogP contribution in [0.25, 0.3) is 0 Å². The topological polar surface area (TPSA) is 93.1 Å². The minimum Gasteiger partial charge on any atom is -0.496 e. The number of aryl methyl sites for hydroxylation is 1. The first kappa shape index (κ1) is 15.0. The van der Waals surface area contributed by atoms with Gasteiger partial charge in [-0.15, -0.1) is 0 Å². The van der Waals surface area contributed by atoms with Crippen LogP contribution in [0.1, 0.15) is 35.7 Å². The number of methoxy groups -OCH3 is 1. The van der Waals surface area contributed by atoms with E-state index in [4.69, 9.17) is 9.47 Å². The third-order valence-corrected chi connectivity index (χ3v) is 4.71. The van der Waals surface area contributed by atoms with Crippen LogP contribution in [-0.4, -0.2) is 46.2 Å². The third-order valence-electron chi connectivity index (χ3n) is 4.71. The number of carbonyl (C=O) groups excluding carboxylic acids is 2. The van der Waals surface area contributed by atoms with E-state index in [2.05, 4.69) is 0 Å². The van der Waals surface area contributed by atoms with Gasteiger partial charge in [-0.3, -0.25) is 9.59 Å². The first-order valence-corrected chi connectivity index (χ1v) is 7.12. The molecule has 0 amide bonds. The minimum atomic E-state index is -2.40. The Hall–Kier alpha value is -1.92. The van der Waals surface area contributed by atoms with Crippen molar-refractivity contribution in [3.63, 3.8) is 0 Å². The van der Waals surface area contributed by atoms with E-state index in [0.29, 0.717) is 0 Å². The molecule has 6 heteroatoms. The molecule has 22 heavy (non-hydrogen) atoms. The van der Waals surface area contributed by atoms with Gasteiger partial charge < -0.3 is 19.7 Å². The molecule has 1 aromatic carbocycles. The highest BCUT2D eigenvalue weighted by molar-refractivity contribution is 6.22. The summed E-state index contributed by atoms with van der Waals surface area (Å²) in [5.74, 6) is -0.971. The molecule has 2 aliphatic rings. The van der Waals surface area contributed by atoms with E-state index in [1.54, 1.807) is 12.1 Å². The molecule has 1 heterocycles. The van der Waals surface area contributed by atoms with Gasteiger partial charge in [0.25, 0.3) is 0 Å². The van der Waals surface area contributed by atoms with Crippen LogP contribution in [-0.2, 0) is 4.79 Å². The van der Waals surface area contributed by atoms with Crippen LogP contribution in [0.5, 0.6) is 11.5 Å². The second-order valence-electron chi connectivity index (χ2n) is 6.07. The van der Waals surface area contributed by atoms with Crippen molar-refractivity contribution in [2.24, 2.45) is 0 Å². The predicted octanol–water partition coefficient (Wildman–Crippen LogP) is 0.792. The number of benzene rings is 1. The van der Waals surface area contributed by atoms with Crippen molar-refractivity contribution < 1.29 is 29.3 Å². The average molecular weight is 306 g/mol. The first-order chi connectivity index (χ1) is 10.3. The molecule has 1 aliphatic carbocycles. The summed E-state index contributed by atoms with van der Waals surface area (Å²) in [5, 5.41) is 21.1. The number of ether oxygens (including phenoxy) is 2. The summed E-state index contributed by atoms with van der Waals surface area (Å²) in [6.07, 6.45) is -1.06. The van der Waals surface area contributed by atoms with Gasteiger partial charge in [0.1, 0.15) is 17.1 Å². The van der Waals surface area contributed by atoms with Gasteiger partial charge in [-0.1, -0.05) is 0 Å². The Labute approximate surface area is 127 Å². The van der Waals surface area contributed by atoms with Gasteiger partial charge in [0, 0.05) is 6.42 Å². The molecule has 3 atom stereocenters. The molecule has 3 rings (SSSR count). The molecule has 2 N–H and O–H groups in total. The Morgan fingerprint density at radius 3 is 2.68 bits per heavy atom. The van der Waals surface area contributed by atoms with Crippen molar-refractivity contribution in [2.45, 2.75) is 44.0 Å². The minimum absolute atomic E-state index is 0.0375. The van der Waals surface area contributed by atoms with E-state index >= 15 is 0 Å². The number of aliphatic hydroxyl groups is 2. The number of fused-ring (bicyclic) bond motifs is 2. The summed E-state index contributed by atoms with van der Waals surface area (Å²) in [6, 6.07) is 3.27. The van der Waals surface area contributed by atoms with Gasteiger partial charge in [0.15, 0.2) is 11.4 Å². The summed E-state index contributed by atoms with van der Waals surface area (Å²) in [7, 11) is 1.40. The quantitative estimate of drug-likeness (QED) is 0.745. The number of hydrogen-bond acceptors (Lipinski definition) is 6. The third kappa shape index (κ3) is 1.62. The molecule has 1 saturated carbocycles. The van der Waals surface area contributed by atoms with Crippen molar-refractivity contribution in [3.05, 3.63) is 23.3 Å². The zero-order valence-corrected chi connectivity index (χ0v) is 12.7. The fourth-order valence-corrected chi connectivity index (χ4v) is 3.33. The molecule has 0 unspecified atom stereocenters. The molecule has 0 aromatic heterocycles. The van der Waals surface area contributed by atoms with E-state index in [1.807, 2.05) is 6.92 Å². The normalized spacial score (nSPS) is 33.8. The summed E-state index contributed by atoms with van der Waals surface area (Å²) in [5.41, 5.74) is -3.27. The summed E-state index contributed by atoms with van der Waals surface area (Å²) < 4.78 is 11.0. The molecule has 118 valence electrons. The molecule has 1 aliphatic heterocycles. The van der Waals surface area contributed by atoms with Crippen LogP contribution in [0.3, 0.4) is 0 Å². The molecule has 0 spiro atoms. The number of carbonyl (C=O) groups is 2. The number of rotatable bonds is 1. The lowest BCUT2D eigenvalue weighted by Gasteiger charge is -2.51. The van der Waals surface area contributed by atoms with E-state index < -0.39 is 28.9 Å². The Morgan fingerprint density at radius 1 is 1.36 bits per heavy atom. The largest absolute Gasteiger partial charge is 0.496 e. The van der Waals surface area contributed by atoms with Crippen LogP contribution < -0.4 is 9.47 Å². The molecule has 0 saturated heterocycles. The van der Waals surface area contributed by atoms with E-state index in [1.165, 1.54) is 14.0 Å². The standard InChI is InChI=1S/C16H18O6/c1-8-6-9(21-3)13-10(7-8)22-15(2)11(17)4-5-12(18)16(15,20)14(13)19/h6-7,11,17,20H,4-5H2,1-3H3/t11-,15-,16-/m1/s1. The molecule has 1 aromatic rings. The molecule has 6 nitrogen and oxygen atoms in total. The molecule has 0 radical (unpaired) electrons. The number of hydrogen-bond donors (Lipinski definition) is 2. The summed E-state index contributed by atoms with van der Waals surface area (Å²) in [4.78, 5) is 25.2. The van der Waals surface area contributed by atoms with E-state index in [-0.39, 0.29) is 29.9 Å². The number of aliphatic hydroxyl groups excluding tert-OH is 1. The average Bonchev–Trinajstić information content (AvgIpc) is 2.47. The second-order valence-corrected chi connectivity index (χ2v) is 6.07.